The lowest BCUT2D eigenvalue weighted by Gasteiger charge is -2.20. The molecule has 8 nitrogen and oxygen atoms in total. The molecule has 0 saturated heterocycles. The van der Waals surface area contributed by atoms with Gasteiger partial charge in [0.05, 0.1) is 18.4 Å². The van der Waals surface area contributed by atoms with E-state index in [2.05, 4.69) is 5.32 Å². The van der Waals surface area contributed by atoms with Crippen LogP contribution in [0.5, 0.6) is 0 Å². The summed E-state index contributed by atoms with van der Waals surface area (Å²) >= 11 is 0. The van der Waals surface area contributed by atoms with Crippen LogP contribution in [-0.4, -0.2) is 84.6 Å². The maximum atomic E-state index is 10.6. The average molecular weight is 295 g/mol. The molecule has 6 N–H and O–H groups in total. The molecule has 0 spiro atoms. The summed E-state index contributed by atoms with van der Waals surface area (Å²) in [7, 11) is -0.352. The van der Waals surface area contributed by atoms with E-state index in [1.807, 2.05) is 0 Å². The summed E-state index contributed by atoms with van der Waals surface area (Å²) in [4.78, 5) is 10.6. The normalized spacial score (nSPS) is 16.3. The summed E-state index contributed by atoms with van der Waals surface area (Å²) in [6.45, 7) is 1.56. The molecule has 0 aliphatic carbocycles. The molecule has 0 bridgehead atoms. The Kier molecular flexibility index (Phi) is 9.96. The summed E-state index contributed by atoms with van der Waals surface area (Å²) in [5, 5.41) is 47.0. The maximum absolute atomic E-state index is 10.6. The zero-order valence-electron chi connectivity index (χ0n) is 10.7. The van der Waals surface area contributed by atoms with Gasteiger partial charge in [-0.3, -0.25) is 4.79 Å². The molecule has 112 valence electrons. The van der Waals surface area contributed by atoms with E-state index in [4.69, 9.17) is 25.2 Å². The summed E-state index contributed by atoms with van der Waals surface area (Å²) in [5.74, 6) is -2.65. The van der Waals surface area contributed by atoms with Gasteiger partial charge in [-0.15, -0.1) is 0 Å². The third-order valence-electron chi connectivity index (χ3n) is 2.24. The Morgan fingerprint density at radius 3 is 2.42 bits per heavy atom. The molecule has 0 saturated carbocycles. The minimum atomic E-state index is -1.52. The summed E-state index contributed by atoms with van der Waals surface area (Å²) in [5.41, 5.74) is -0.659. The molecule has 0 fully saturated rings. The van der Waals surface area contributed by atoms with Gasteiger partial charge in [0.2, 0.25) is 0 Å². The highest BCUT2D eigenvalue weighted by atomic mass is 28.2. The first-order valence-electron chi connectivity index (χ1n) is 5.87. The van der Waals surface area contributed by atoms with Crippen molar-refractivity contribution in [2.24, 2.45) is 0 Å². The fourth-order valence-electron chi connectivity index (χ4n) is 1.26. The summed E-state index contributed by atoms with van der Waals surface area (Å²) < 4.78 is 5.28. The zero-order valence-corrected chi connectivity index (χ0v) is 11.7. The van der Waals surface area contributed by atoms with E-state index in [0.29, 0.717) is 13.0 Å². The molecule has 0 heterocycles. The number of hydrogen-bond donors (Lipinski definition) is 6. The molecule has 0 aromatic carbocycles. The van der Waals surface area contributed by atoms with Crippen LogP contribution in [0.25, 0.3) is 0 Å². The van der Waals surface area contributed by atoms with Crippen LogP contribution in [0.15, 0.2) is 0 Å². The quantitative estimate of drug-likeness (QED) is 0.136. The summed E-state index contributed by atoms with van der Waals surface area (Å²) in [6.07, 6.45) is -0.351. The first-order valence-corrected chi connectivity index (χ1v) is 7.02. The van der Waals surface area contributed by atoms with Gasteiger partial charge in [0.15, 0.2) is 9.52 Å². The number of carboxylic acid groups (broad SMARTS) is 1. The number of nitrogens with one attached hydrogen (secondary N) is 1. The molecule has 0 rings (SSSR count). The van der Waals surface area contributed by atoms with Crippen LogP contribution in [0.1, 0.15) is 13.3 Å². The fraction of sp³-hybridized carbons (Fsp3) is 0.900. The van der Waals surface area contributed by atoms with Gasteiger partial charge in [-0.05, 0) is 19.9 Å². The topological polar surface area (TPSA) is 139 Å². The van der Waals surface area contributed by atoms with Crippen molar-refractivity contribution in [3.8, 4) is 0 Å². The van der Waals surface area contributed by atoms with Crippen LogP contribution >= 0.6 is 0 Å². The molecule has 3 unspecified atom stereocenters. The fourth-order valence-corrected chi connectivity index (χ4v) is 2.05. The zero-order chi connectivity index (χ0) is 14.8. The average Bonchev–Trinajstić information content (AvgIpc) is 2.30. The molecule has 3 atom stereocenters. The van der Waals surface area contributed by atoms with Crippen molar-refractivity contribution in [3.05, 3.63) is 0 Å². The Bertz CT molecular complexity index is 252. The van der Waals surface area contributed by atoms with Crippen LogP contribution in [0.3, 0.4) is 0 Å². The van der Waals surface area contributed by atoms with Crippen LogP contribution in [0, 0.1) is 0 Å². The number of aliphatic carboxylic acids is 1. The highest BCUT2D eigenvalue weighted by Gasteiger charge is 2.20. The maximum Gasteiger partial charge on any atom is 0.323 e. The molecule has 0 aliphatic heterocycles. The number of carboxylic acids is 1. The van der Waals surface area contributed by atoms with Crippen molar-refractivity contribution in [2.45, 2.75) is 37.1 Å². The van der Waals surface area contributed by atoms with Gasteiger partial charge in [0, 0.05) is 6.61 Å². The predicted molar refractivity (Wildman–Crippen MR) is 66.5 cm³/mol. The first kappa shape index (κ1) is 18.4. The third-order valence-corrected chi connectivity index (χ3v) is 3.52. The van der Waals surface area contributed by atoms with E-state index in [1.165, 1.54) is 6.92 Å². The standard InChI is InChI=1S/C10H21NO7Si/c1-6(13)9(19-10(16)17)18-4-2-3-11-7(5-12)8(14)15/h6-7,9-13,16-17H,2-5H2,1H3,(H,14,15). The molecule has 0 aromatic rings. The Hall–Kier alpha value is -0.553. The Balaban J connectivity index is 3.79. The van der Waals surface area contributed by atoms with Crippen molar-refractivity contribution in [1.82, 2.24) is 5.32 Å². The Morgan fingerprint density at radius 2 is 2.00 bits per heavy atom. The van der Waals surface area contributed by atoms with Gasteiger partial charge in [-0.1, -0.05) is 0 Å². The van der Waals surface area contributed by atoms with E-state index < -0.39 is 36.4 Å². The second-order valence-electron chi connectivity index (χ2n) is 3.95. The molecule has 19 heavy (non-hydrogen) atoms. The second-order valence-corrected chi connectivity index (χ2v) is 5.37. The molecule has 0 amide bonds. The smallest absolute Gasteiger partial charge is 0.323 e. The van der Waals surface area contributed by atoms with E-state index in [-0.39, 0.29) is 16.1 Å². The van der Waals surface area contributed by atoms with Crippen molar-refractivity contribution >= 4 is 15.5 Å². The van der Waals surface area contributed by atoms with E-state index in [0.717, 1.165) is 0 Å². The number of rotatable bonds is 11. The third kappa shape index (κ3) is 9.05. The van der Waals surface area contributed by atoms with Gasteiger partial charge in [0.25, 0.3) is 0 Å². The van der Waals surface area contributed by atoms with Crippen LogP contribution in [0.2, 0.25) is 0 Å². The number of hydrogen-bond acceptors (Lipinski definition) is 7. The molecule has 9 heteroatoms. The molecular formula is C10H21NO7Si. The molecule has 0 aliphatic rings. The van der Waals surface area contributed by atoms with Gasteiger partial charge < -0.3 is 35.6 Å². The highest BCUT2D eigenvalue weighted by molar-refractivity contribution is 6.38. The molecule has 0 aromatic heterocycles. The number of aliphatic hydroxyl groups excluding tert-OH is 3. The minimum absolute atomic E-state index is 0.236. The van der Waals surface area contributed by atoms with E-state index in [1.54, 1.807) is 0 Å². The lowest BCUT2D eigenvalue weighted by molar-refractivity contribution is -0.140. The van der Waals surface area contributed by atoms with Gasteiger partial charge in [-0.2, -0.15) is 0 Å². The molecule has 2 radical (unpaired) electrons. The van der Waals surface area contributed by atoms with E-state index >= 15 is 0 Å². The predicted octanol–water partition coefficient (Wildman–Crippen LogP) is -2.89. The Labute approximate surface area is 113 Å². The van der Waals surface area contributed by atoms with Crippen molar-refractivity contribution in [3.63, 3.8) is 0 Å². The minimum Gasteiger partial charge on any atom is -0.480 e. The largest absolute Gasteiger partial charge is 0.480 e. The van der Waals surface area contributed by atoms with Crippen molar-refractivity contribution < 1.29 is 35.1 Å². The van der Waals surface area contributed by atoms with Crippen LogP contribution in [-0.2, 0) is 9.53 Å². The SMILES string of the molecule is CC(O)C(OCCCNC(CO)C(=O)O)[Si]C(O)O. The first-order chi connectivity index (χ1) is 8.88. The monoisotopic (exact) mass is 295 g/mol. The lowest BCUT2D eigenvalue weighted by Crippen LogP contribution is -2.41. The van der Waals surface area contributed by atoms with Crippen LogP contribution in [0.4, 0.5) is 0 Å². The van der Waals surface area contributed by atoms with Crippen molar-refractivity contribution in [2.75, 3.05) is 19.8 Å². The van der Waals surface area contributed by atoms with Crippen molar-refractivity contribution in [1.29, 1.82) is 0 Å². The lowest BCUT2D eigenvalue weighted by atomic mass is 10.3. The van der Waals surface area contributed by atoms with Gasteiger partial charge in [-0.25, -0.2) is 0 Å². The highest BCUT2D eigenvalue weighted by Crippen LogP contribution is 2.00. The summed E-state index contributed by atoms with van der Waals surface area (Å²) in [6, 6.07) is -1.01. The number of carbonyl (C=O) groups is 1. The van der Waals surface area contributed by atoms with Gasteiger partial charge >= 0.3 is 5.97 Å². The Morgan fingerprint density at radius 1 is 1.37 bits per heavy atom. The second kappa shape index (κ2) is 10.3. The van der Waals surface area contributed by atoms with E-state index in [9.17, 15) is 9.90 Å². The molecular weight excluding hydrogens is 274 g/mol. The van der Waals surface area contributed by atoms with Gasteiger partial charge in [0.1, 0.15) is 12.0 Å². The number of aliphatic hydroxyl groups is 4. The van der Waals surface area contributed by atoms with Crippen LogP contribution < -0.4 is 5.32 Å². The number of ether oxygens (including phenoxy) is 1.